The van der Waals surface area contributed by atoms with Gasteiger partial charge in [0.1, 0.15) is 11.6 Å². The van der Waals surface area contributed by atoms with Crippen LogP contribution in [-0.2, 0) is 16.1 Å². The van der Waals surface area contributed by atoms with Crippen LogP contribution in [0, 0.1) is 23.2 Å². The van der Waals surface area contributed by atoms with E-state index in [1.54, 1.807) is 0 Å². The van der Waals surface area contributed by atoms with Crippen molar-refractivity contribution in [1.82, 2.24) is 9.78 Å². The Hall–Kier alpha value is -3.08. The third-order valence-electron chi connectivity index (χ3n) is 6.28. The van der Waals surface area contributed by atoms with E-state index in [0.717, 1.165) is 59.6 Å². The number of carboxylic acids is 1. The molecule has 0 aliphatic heterocycles. The van der Waals surface area contributed by atoms with E-state index in [1.807, 2.05) is 36.4 Å². The lowest BCUT2D eigenvalue weighted by molar-refractivity contribution is -0.142. The van der Waals surface area contributed by atoms with Crippen molar-refractivity contribution in [3.63, 3.8) is 0 Å². The van der Waals surface area contributed by atoms with Crippen LogP contribution in [0.1, 0.15) is 25.7 Å². The second kappa shape index (κ2) is 11.9. The van der Waals surface area contributed by atoms with Crippen LogP contribution < -0.4 is 0 Å². The van der Waals surface area contributed by atoms with Crippen LogP contribution >= 0.6 is 11.8 Å². The van der Waals surface area contributed by atoms with Gasteiger partial charge in [-0.25, -0.2) is 4.79 Å². The maximum absolute atomic E-state index is 10.7. The molecular weight excluding hydrogens is 446 g/mol. The number of carboxylic acid groups (broad SMARTS) is 1. The summed E-state index contributed by atoms with van der Waals surface area (Å²) in [5, 5.41) is 23.9. The van der Waals surface area contributed by atoms with E-state index in [2.05, 4.69) is 35.0 Å². The maximum Gasteiger partial charge on any atom is 0.329 e. The summed E-state index contributed by atoms with van der Waals surface area (Å²) in [7, 11) is 0. The molecule has 6 nitrogen and oxygen atoms in total. The number of benzene rings is 2. The Balaban J connectivity index is 1.59. The molecule has 0 spiro atoms. The molecule has 1 fully saturated rings. The maximum atomic E-state index is 10.7. The summed E-state index contributed by atoms with van der Waals surface area (Å²) in [6.45, 7) is 1.11. The zero-order valence-corrected chi connectivity index (χ0v) is 19.9. The summed E-state index contributed by atoms with van der Waals surface area (Å²) in [6, 6.07) is 22.9. The Bertz CT molecular complexity index is 1120. The number of aromatic nitrogens is 2. The number of carbonyl (C=O) groups is 1. The van der Waals surface area contributed by atoms with Gasteiger partial charge < -0.3 is 9.84 Å². The standard InChI is InChI=1S/C27H29N3O3S/c28-15-16-34-27-25(22-7-3-1-4-8-22)26(23-9-5-2-6-10-23)30(29-27)17-20-11-13-21(14-12-20)18-33-19-24(31)32/h1-10,20-21H,11-14,16-19H2,(H,31,32). The molecule has 4 rings (SSSR count). The van der Waals surface area contributed by atoms with Crippen molar-refractivity contribution in [2.24, 2.45) is 11.8 Å². The normalized spacial score (nSPS) is 17.9. The van der Waals surface area contributed by atoms with Crippen LogP contribution in [0.15, 0.2) is 65.7 Å². The van der Waals surface area contributed by atoms with Gasteiger partial charge in [-0.15, -0.1) is 0 Å². The number of ether oxygens (including phenoxy) is 1. The van der Waals surface area contributed by atoms with Crippen molar-refractivity contribution in [3.05, 3.63) is 60.7 Å². The van der Waals surface area contributed by atoms with Crippen molar-refractivity contribution in [2.75, 3.05) is 19.0 Å². The summed E-state index contributed by atoms with van der Waals surface area (Å²) in [5.74, 6) is 0.353. The number of hydrogen-bond acceptors (Lipinski definition) is 5. The average molecular weight is 476 g/mol. The fourth-order valence-corrected chi connectivity index (χ4v) is 5.38. The molecule has 0 bridgehead atoms. The van der Waals surface area contributed by atoms with Gasteiger partial charge in [-0.1, -0.05) is 72.4 Å². The van der Waals surface area contributed by atoms with Gasteiger partial charge in [0.25, 0.3) is 0 Å². The minimum atomic E-state index is -0.917. The molecule has 1 heterocycles. The molecule has 1 N–H and O–H groups in total. The van der Waals surface area contributed by atoms with Crippen LogP contribution in [0.3, 0.4) is 0 Å². The Morgan fingerprint density at radius 2 is 1.65 bits per heavy atom. The van der Waals surface area contributed by atoms with E-state index in [9.17, 15) is 10.1 Å². The van der Waals surface area contributed by atoms with E-state index in [-0.39, 0.29) is 6.61 Å². The number of nitrogens with zero attached hydrogens (tertiary/aromatic N) is 3. The molecular formula is C27H29N3O3S. The molecule has 1 saturated carbocycles. The first kappa shape index (κ1) is 24.1. The summed E-state index contributed by atoms with van der Waals surface area (Å²) in [5.41, 5.74) is 4.41. The van der Waals surface area contributed by atoms with E-state index in [4.69, 9.17) is 14.9 Å². The lowest BCUT2D eigenvalue weighted by Crippen LogP contribution is -2.23. The summed E-state index contributed by atoms with van der Waals surface area (Å²) in [6.07, 6.45) is 4.20. The number of thioether (sulfide) groups is 1. The fourth-order valence-electron chi connectivity index (χ4n) is 4.67. The van der Waals surface area contributed by atoms with E-state index < -0.39 is 5.97 Å². The molecule has 0 amide bonds. The van der Waals surface area contributed by atoms with Gasteiger partial charge in [0, 0.05) is 17.7 Å². The third kappa shape index (κ3) is 6.07. The van der Waals surface area contributed by atoms with Crippen molar-refractivity contribution >= 4 is 17.7 Å². The SMILES string of the molecule is N#CCSc1nn(CC2CCC(COCC(=O)O)CC2)c(-c2ccccc2)c1-c1ccccc1. The van der Waals surface area contributed by atoms with Gasteiger partial charge in [-0.05, 0) is 43.1 Å². The van der Waals surface area contributed by atoms with Crippen molar-refractivity contribution in [3.8, 4) is 28.5 Å². The van der Waals surface area contributed by atoms with Gasteiger partial charge in [-0.2, -0.15) is 10.4 Å². The van der Waals surface area contributed by atoms with Crippen LogP contribution in [0.2, 0.25) is 0 Å². The smallest absolute Gasteiger partial charge is 0.329 e. The molecule has 0 atom stereocenters. The second-order valence-electron chi connectivity index (χ2n) is 8.69. The molecule has 34 heavy (non-hydrogen) atoms. The highest BCUT2D eigenvalue weighted by atomic mass is 32.2. The molecule has 0 radical (unpaired) electrons. The zero-order valence-electron chi connectivity index (χ0n) is 19.1. The first-order chi connectivity index (χ1) is 16.7. The molecule has 0 saturated heterocycles. The third-order valence-corrected chi connectivity index (χ3v) is 7.11. The average Bonchev–Trinajstić information content (AvgIpc) is 3.22. The highest BCUT2D eigenvalue weighted by Crippen LogP contribution is 2.40. The van der Waals surface area contributed by atoms with Crippen LogP contribution in [0.25, 0.3) is 22.4 Å². The molecule has 1 aliphatic rings. The number of nitriles is 1. The van der Waals surface area contributed by atoms with Gasteiger partial charge in [0.05, 0.1) is 24.1 Å². The molecule has 0 unspecified atom stereocenters. The predicted molar refractivity (Wildman–Crippen MR) is 133 cm³/mol. The highest BCUT2D eigenvalue weighted by molar-refractivity contribution is 7.99. The molecule has 1 aromatic heterocycles. The lowest BCUT2D eigenvalue weighted by atomic mass is 9.82. The Morgan fingerprint density at radius 1 is 1.03 bits per heavy atom. The Kier molecular flexibility index (Phi) is 8.40. The summed E-state index contributed by atoms with van der Waals surface area (Å²) < 4.78 is 7.47. The fraction of sp³-hybridized carbons (Fsp3) is 0.370. The monoisotopic (exact) mass is 475 g/mol. The van der Waals surface area contributed by atoms with Crippen LogP contribution in [-0.4, -0.2) is 39.8 Å². The predicted octanol–water partition coefficient (Wildman–Crippen LogP) is 5.74. The summed E-state index contributed by atoms with van der Waals surface area (Å²) >= 11 is 1.49. The topological polar surface area (TPSA) is 88.1 Å². The minimum Gasteiger partial charge on any atom is -0.480 e. The van der Waals surface area contributed by atoms with Gasteiger partial charge in [0.15, 0.2) is 0 Å². The molecule has 1 aliphatic carbocycles. The largest absolute Gasteiger partial charge is 0.480 e. The first-order valence-corrected chi connectivity index (χ1v) is 12.6. The number of hydrogen-bond donors (Lipinski definition) is 1. The highest BCUT2D eigenvalue weighted by Gasteiger charge is 2.26. The molecule has 2 aromatic carbocycles. The number of aliphatic carboxylic acids is 1. The lowest BCUT2D eigenvalue weighted by Gasteiger charge is -2.28. The van der Waals surface area contributed by atoms with Gasteiger partial charge in [0.2, 0.25) is 0 Å². The second-order valence-corrected chi connectivity index (χ2v) is 9.65. The van der Waals surface area contributed by atoms with Crippen molar-refractivity contribution < 1.29 is 14.6 Å². The van der Waals surface area contributed by atoms with E-state index >= 15 is 0 Å². The van der Waals surface area contributed by atoms with Gasteiger partial charge in [-0.3, -0.25) is 4.68 Å². The Morgan fingerprint density at radius 3 is 2.26 bits per heavy atom. The van der Waals surface area contributed by atoms with Crippen LogP contribution in [0.4, 0.5) is 0 Å². The first-order valence-electron chi connectivity index (χ1n) is 11.7. The minimum absolute atomic E-state index is 0.223. The van der Waals surface area contributed by atoms with Crippen molar-refractivity contribution in [1.29, 1.82) is 5.26 Å². The summed E-state index contributed by atoms with van der Waals surface area (Å²) in [4.78, 5) is 10.7. The van der Waals surface area contributed by atoms with E-state index in [1.165, 1.54) is 11.8 Å². The quantitative estimate of drug-likeness (QED) is 0.376. The van der Waals surface area contributed by atoms with Gasteiger partial charge >= 0.3 is 5.97 Å². The zero-order chi connectivity index (χ0) is 23.8. The Labute approximate surface area is 204 Å². The molecule has 176 valence electrons. The van der Waals surface area contributed by atoms with E-state index in [0.29, 0.717) is 24.2 Å². The molecule has 7 heteroatoms. The van der Waals surface area contributed by atoms with Crippen LogP contribution in [0.5, 0.6) is 0 Å². The molecule has 3 aromatic rings. The number of rotatable bonds is 10. The van der Waals surface area contributed by atoms with Crippen molar-refractivity contribution in [2.45, 2.75) is 37.3 Å².